The molecule has 250 valence electrons. The number of rotatable bonds is 10. The van der Waals surface area contributed by atoms with Gasteiger partial charge in [-0.15, -0.1) is 0 Å². The molecule has 0 radical (unpaired) electrons. The number of hydrogen-bond acceptors (Lipinski definition) is 8. The molecular formula is C36H58O8. The van der Waals surface area contributed by atoms with Gasteiger partial charge in [0.05, 0.1) is 25.4 Å². The average Bonchev–Trinajstić information content (AvgIpc) is 3.33. The van der Waals surface area contributed by atoms with Gasteiger partial charge in [0, 0.05) is 6.42 Å². The molecule has 3 saturated carbocycles. The Morgan fingerprint density at radius 2 is 1.73 bits per heavy atom. The van der Waals surface area contributed by atoms with E-state index in [-0.39, 0.29) is 52.5 Å². The molecule has 4 fully saturated rings. The molecule has 0 aromatic heterocycles. The first-order valence-electron chi connectivity index (χ1n) is 16.5. The molecule has 1 saturated heterocycles. The van der Waals surface area contributed by atoms with Crippen molar-refractivity contribution < 1.29 is 39.4 Å². The molecule has 1 aliphatic heterocycles. The number of ether oxygens (including phenoxy) is 3. The largest absolute Gasteiger partial charge is 0.469 e. The minimum atomic E-state index is -1.41. The van der Waals surface area contributed by atoms with Gasteiger partial charge in [-0.3, -0.25) is 4.79 Å². The van der Waals surface area contributed by atoms with Crippen LogP contribution in [0.25, 0.3) is 0 Å². The zero-order valence-corrected chi connectivity index (χ0v) is 28.1. The smallest absolute Gasteiger partial charge is 0.305 e. The van der Waals surface area contributed by atoms with Gasteiger partial charge in [0.15, 0.2) is 6.29 Å². The van der Waals surface area contributed by atoms with Gasteiger partial charge in [0.2, 0.25) is 0 Å². The highest BCUT2D eigenvalue weighted by atomic mass is 16.7. The third kappa shape index (κ3) is 6.12. The number of carbonyl (C=O) groups is 1. The summed E-state index contributed by atoms with van der Waals surface area (Å²) in [4.78, 5) is 12.5. The summed E-state index contributed by atoms with van der Waals surface area (Å²) in [5.74, 6) is -0.000979. The molecule has 0 aromatic rings. The fourth-order valence-electron chi connectivity index (χ4n) is 10.3. The van der Waals surface area contributed by atoms with Crippen molar-refractivity contribution in [2.45, 2.75) is 129 Å². The number of allylic oxidation sites excluding steroid dienone is 3. The molecule has 0 aromatic carbocycles. The van der Waals surface area contributed by atoms with Gasteiger partial charge >= 0.3 is 5.97 Å². The molecule has 0 bridgehead atoms. The van der Waals surface area contributed by atoms with Crippen LogP contribution in [0.3, 0.4) is 0 Å². The second-order valence-corrected chi connectivity index (χ2v) is 15.5. The van der Waals surface area contributed by atoms with E-state index in [9.17, 15) is 25.2 Å². The van der Waals surface area contributed by atoms with Crippen LogP contribution < -0.4 is 0 Å². The number of fused-ring (bicyclic) bond motifs is 3. The van der Waals surface area contributed by atoms with E-state index in [0.29, 0.717) is 25.7 Å². The number of methoxy groups -OCH3 is 1. The molecular weight excluding hydrogens is 560 g/mol. The molecule has 1 unspecified atom stereocenters. The van der Waals surface area contributed by atoms with Crippen LogP contribution in [0.15, 0.2) is 36.5 Å². The first-order valence-corrected chi connectivity index (χ1v) is 16.5. The van der Waals surface area contributed by atoms with Crippen molar-refractivity contribution in [3.8, 4) is 0 Å². The van der Waals surface area contributed by atoms with Crippen LogP contribution in [0.5, 0.6) is 0 Å². The number of carbonyl (C=O) groups excluding carboxylic acids is 1. The van der Waals surface area contributed by atoms with Gasteiger partial charge in [-0.1, -0.05) is 57.2 Å². The van der Waals surface area contributed by atoms with Gasteiger partial charge in [0.25, 0.3) is 0 Å². The van der Waals surface area contributed by atoms with Crippen LogP contribution in [0.4, 0.5) is 0 Å². The predicted octanol–water partition coefficient (Wildman–Crippen LogP) is 5.09. The minimum absolute atomic E-state index is 0.0528. The van der Waals surface area contributed by atoms with Crippen LogP contribution in [-0.2, 0) is 19.0 Å². The zero-order valence-electron chi connectivity index (χ0n) is 28.1. The van der Waals surface area contributed by atoms with Crippen LogP contribution >= 0.6 is 0 Å². The summed E-state index contributed by atoms with van der Waals surface area (Å²) in [6.07, 6.45) is 4.28. The molecule has 8 heteroatoms. The van der Waals surface area contributed by atoms with Crippen LogP contribution in [0.1, 0.15) is 92.9 Å². The number of aliphatic hydroxyl groups excluding tert-OH is 3. The molecule has 1 heterocycles. The van der Waals surface area contributed by atoms with E-state index in [4.69, 9.17) is 14.2 Å². The Morgan fingerprint density at radius 3 is 2.34 bits per heavy atom. The van der Waals surface area contributed by atoms with E-state index < -0.39 is 36.3 Å². The normalized spacial score (nSPS) is 45.3. The van der Waals surface area contributed by atoms with Crippen LogP contribution in [-0.4, -0.2) is 76.4 Å². The second-order valence-electron chi connectivity index (χ2n) is 15.5. The summed E-state index contributed by atoms with van der Waals surface area (Å²) in [7, 11) is 1.43. The monoisotopic (exact) mass is 618 g/mol. The molecule has 44 heavy (non-hydrogen) atoms. The van der Waals surface area contributed by atoms with Crippen molar-refractivity contribution in [3.63, 3.8) is 0 Å². The third-order valence-corrected chi connectivity index (χ3v) is 12.8. The fourth-order valence-corrected chi connectivity index (χ4v) is 10.3. The topological polar surface area (TPSA) is 126 Å². The molecule has 13 atom stereocenters. The molecule has 4 N–H and O–H groups in total. The summed E-state index contributed by atoms with van der Waals surface area (Å²) in [6.45, 7) is 21.2. The lowest BCUT2D eigenvalue weighted by atomic mass is 9.37. The quantitative estimate of drug-likeness (QED) is 0.116. The minimum Gasteiger partial charge on any atom is -0.469 e. The highest BCUT2D eigenvalue weighted by Gasteiger charge is 2.70. The van der Waals surface area contributed by atoms with Crippen molar-refractivity contribution in [3.05, 3.63) is 36.5 Å². The fraction of sp³-hybridized carbons (Fsp3) is 0.806. The third-order valence-electron chi connectivity index (χ3n) is 12.8. The summed E-state index contributed by atoms with van der Waals surface area (Å²) in [5, 5.41) is 43.6. The maximum absolute atomic E-state index is 12.5. The van der Waals surface area contributed by atoms with E-state index >= 15 is 0 Å². The van der Waals surface area contributed by atoms with Crippen molar-refractivity contribution in [2.24, 2.45) is 39.9 Å². The maximum Gasteiger partial charge on any atom is 0.305 e. The Hall–Kier alpha value is -1.55. The molecule has 0 amide bonds. The van der Waals surface area contributed by atoms with E-state index in [1.807, 2.05) is 26.0 Å². The average molecular weight is 619 g/mol. The lowest BCUT2D eigenvalue weighted by molar-refractivity contribution is -0.312. The van der Waals surface area contributed by atoms with Crippen LogP contribution in [0.2, 0.25) is 0 Å². The van der Waals surface area contributed by atoms with E-state index in [1.165, 1.54) is 7.11 Å². The second kappa shape index (κ2) is 12.9. The van der Waals surface area contributed by atoms with Gasteiger partial charge in [-0.05, 0) is 106 Å². The lowest BCUT2D eigenvalue weighted by Gasteiger charge is -2.68. The van der Waals surface area contributed by atoms with Gasteiger partial charge < -0.3 is 34.6 Å². The Kier molecular flexibility index (Phi) is 10.4. The Bertz CT molecular complexity index is 1120. The zero-order chi connectivity index (χ0) is 32.8. The summed E-state index contributed by atoms with van der Waals surface area (Å²) < 4.78 is 17.6. The van der Waals surface area contributed by atoms with E-state index in [0.717, 1.165) is 36.8 Å². The predicted molar refractivity (Wildman–Crippen MR) is 169 cm³/mol. The van der Waals surface area contributed by atoms with Crippen molar-refractivity contribution in [2.75, 3.05) is 13.7 Å². The standard InChI is InChI=1S/C36H58O8/c1-21(2)11-10-15-36(8,41)24-13-18-35(7)29(24)26(44-32-31(40)30(39)25(37)20-43-32)19-27-33(5,16-14-28(38)42-9)23(22(3)4)12-17-34(27,35)6/h10-11,23-27,29-32,37,39-41H,1,3,12-20H2,2,4-9H3/b11-10+/t23-,24-,25-,26+,27?,29-,30-,31+,32-,33-,34+,35+,36-/m0/s1. The molecule has 8 nitrogen and oxygen atoms in total. The van der Waals surface area contributed by atoms with Gasteiger partial charge in [-0.2, -0.15) is 0 Å². The SMILES string of the molecule is C=C(C)/C=C/C[C@](C)(O)[C@H]1CC[C@]2(C)[C@@H]1[C@H](O[C@@H]1OC[C@H](O)[C@H](O)[C@H]1O)CC1[C@@](C)(CCC(=O)OC)[C@H](C(=C)C)CC[C@]12C. The first-order chi connectivity index (χ1) is 20.4. The number of aliphatic hydroxyl groups is 4. The molecule has 3 aliphatic carbocycles. The van der Waals surface area contributed by atoms with Crippen molar-refractivity contribution in [1.82, 2.24) is 0 Å². The van der Waals surface area contributed by atoms with Gasteiger partial charge in [0.1, 0.15) is 18.3 Å². The maximum atomic E-state index is 12.5. The Morgan fingerprint density at radius 1 is 1.07 bits per heavy atom. The summed E-state index contributed by atoms with van der Waals surface area (Å²) in [5.41, 5.74) is 0.422. The molecule has 4 aliphatic rings. The van der Waals surface area contributed by atoms with Crippen molar-refractivity contribution >= 4 is 5.97 Å². The van der Waals surface area contributed by atoms with Gasteiger partial charge in [-0.25, -0.2) is 0 Å². The molecule has 4 rings (SSSR count). The Balaban J connectivity index is 1.79. The molecule has 0 spiro atoms. The van der Waals surface area contributed by atoms with E-state index in [1.54, 1.807) is 0 Å². The Labute approximate surface area is 264 Å². The highest BCUT2D eigenvalue weighted by Crippen LogP contribution is 2.74. The summed E-state index contributed by atoms with van der Waals surface area (Å²) in [6, 6.07) is 0. The number of hydrogen-bond donors (Lipinski definition) is 4. The van der Waals surface area contributed by atoms with Crippen LogP contribution in [0, 0.1) is 39.9 Å². The lowest BCUT2D eigenvalue weighted by Crippen LogP contribution is -2.65. The van der Waals surface area contributed by atoms with E-state index in [2.05, 4.69) is 40.9 Å². The first kappa shape index (κ1) is 35.3. The summed E-state index contributed by atoms with van der Waals surface area (Å²) >= 11 is 0. The van der Waals surface area contributed by atoms with Crippen molar-refractivity contribution in [1.29, 1.82) is 0 Å². The number of esters is 1. The highest BCUT2D eigenvalue weighted by molar-refractivity contribution is 5.69.